The van der Waals surface area contributed by atoms with Gasteiger partial charge in [0, 0.05) is 7.05 Å². The van der Waals surface area contributed by atoms with Crippen molar-refractivity contribution in [3.05, 3.63) is 29.3 Å². The van der Waals surface area contributed by atoms with Crippen LogP contribution in [0.1, 0.15) is 0 Å². The topological polar surface area (TPSA) is 81.5 Å². The number of carbonyl (C=O) groups excluding carboxylic acids is 1. The fourth-order valence-corrected chi connectivity index (χ4v) is 3.61. The van der Waals surface area contributed by atoms with E-state index in [1.165, 1.54) is 25.2 Å². The molecule has 0 spiro atoms. The molecule has 1 aromatic rings. The lowest BCUT2D eigenvalue weighted by molar-refractivity contribution is 0.224. The molecule has 1 fully saturated rings. The van der Waals surface area contributed by atoms with Crippen molar-refractivity contribution in [3.8, 4) is 0 Å². The second-order valence-electron chi connectivity index (χ2n) is 3.70. The fraction of sp³-hybridized carbons (Fsp3) is 0.100. The molecule has 0 aromatic heterocycles. The molecule has 9 heteroatoms. The number of amidine groups is 1. The van der Waals surface area contributed by atoms with Crippen molar-refractivity contribution in [2.24, 2.45) is 0 Å². The number of thiocarbonyl (C=S) groups is 1. The third-order valence-corrected chi connectivity index (χ3v) is 5.17. The Balaban J connectivity index is 2.59. The molecule has 1 saturated heterocycles. The summed E-state index contributed by atoms with van der Waals surface area (Å²) >= 11 is 10.6. The number of hydrogen-bond acceptors (Lipinski definition) is 5. The number of halogens is 1. The van der Waals surface area contributed by atoms with Crippen molar-refractivity contribution in [3.63, 3.8) is 0 Å². The minimum absolute atomic E-state index is 0.0245. The summed E-state index contributed by atoms with van der Waals surface area (Å²) in [6.45, 7) is 0. The van der Waals surface area contributed by atoms with Gasteiger partial charge in [0.25, 0.3) is 10.0 Å². The second-order valence-corrected chi connectivity index (χ2v) is 6.24. The molecule has 0 bridgehead atoms. The Labute approximate surface area is 120 Å². The van der Waals surface area contributed by atoms with Gasteiger partial charge in [0.2, 0.25) is 0 Å². The Bertz CT molecular complexity index is 702. The summed E-state index contributed by atoms with van der Waals surface area (Å²) in [4.78, 5) is 12.4. The van der Waals surface area contributed by atoms with Crippen molar-refractivity contribution >= 4 is 50.7 Å². The van der Waals surface area contributed by atoms with Crippen LogP contribution in [-0.4, -0.2) is 41.5 Å². The van der Waals surface area contributed by atoms with Crippen LogP contribution in [-0.2, 0) is 10.0 Å². The number of sulfonamides is 1. The minimum Gasteiger partial charge on any atom is -0.284 e. The lowest BCUT2D eigenvalue weighted by atomic mass is 10.4. The molecule has 1 N–H and O–H groups in total. The third-order valence-electron chi connectivity index (χ3n) is 2.53. The Morgan fingerprint density at radius 3 is 2.37 bits per heavy atom. The number of urea groups is 1. The highest BCUT2D eigenvalue weighted by Crippen LogP contribution is 2.27. The molecule has 1 heterocycles. The van der Waals surface area contributed by atoms with E-state index < -0.39 is 21.9 Å². The fourth-order valence-electron chi connectivity index (χ4n) is 1.54. The van der Waals surface area contributed by atoms with Gasteiger partial charge in [-0.15, -0.1) is 0 Å². The molecule has 0 aliphatic carbocycles. The Morgan fingerprint density at radius 2 is 1.89 bits per heavy atom. The van der Waals surface area contributed by atoms with E-state index >= 15 is 0 Å². The van der Waals surface area contributed by atoms with Crippen LogP contribution in [0.25, 0.3) is 0 Å². The number of benzene rings is 1. The standard InChI is InChI=1S/C10H8ClN3O3S2/c1-13-9(18)8(12)14(10(13)15)19(16,17)7-5-3-2-4-6(7)11/h2-5,12H,1H3. The average molecular weight is 318 g/mol. The summed E-state index contributed by atoms with van der Waals surface area (Å²) in [6.07, 6.45) is 0. The largest absolute Gasteiger partial charge is 0.345 e. The first-order valence-corrected chi connectivity index (χ1v) is 7.21. The maximum absolute atomic E-state index is 12.4. The van der Waals surface area contributed by atoms with Crippen LogP contribution in [0.4, 0.5) is 4.79 Å². The van der Waals surface area contributed by atoms with Crippen molar-refractivity contribution in [2.45, 2.75) is 4.90 Å². The van der Waals surface area contributed by atoms with Crippen LogP contribution < -0.4 is 0 Å². The molecular weight excluding hydrogens is 310 g/mol. The van der Waals surface area contributed by atoms with Crippen LogP contribution in [0.5, 0.6) is 0 Å². The van der Waals surface area contributed by atoms with E-state index in [2.05, 4.69) is 0 Å². The summed E-state index contributed by atoms with van der Waals surface area (Å²) < 4.78 is 25.1. The quantitative estimate of drug-likeness (QED) is 0.842. The molecule has 0 radical (unpaired) electrons. The first kappa shape index (κ1) is 13.9. The van der Waals surface area contributed by atoms with Crippen LogP contribution in [0.2, 0.25) is 5.02 Å². The molecule has 1 aromatic carbocycles. The van der Waals surface area contributed by atoms with E-state index in [0.717, 1.165) is 4.90 Å². The van der Waals surface area contributed by atoms with Crippen molar-refractivity contribution in [2.75, 3.05) is 7.05 Å². The SMILES string of the molecule is CN1C(=O)N(S(=O)(=O)c2ccccc2Cl)C(=N)C1=S. The van der Waals surface area contributed by atoms with Crippen LogP contribution in [0, 0.1) is 5.41 Å². The molecule has 0 atom stereocenters. The summed E-state index contributed by atoms with van der Waals surface area (Å²) in [5.74, 6) is -0.553. The number of rotatable bonds is 2. The molecule has 6 nitrogen and oxygen atoms in total. The highest BCUT2D eigenvalue weighted by atomic mass is 35.5. The first-order valence-electron chi connectivity index (χ1n) is 4.99. The maximum atomic E-state index is 12.4. The Morgan fingerprint density at radius 1 is 1.32 bits per heavy atom. The van der Waals surface area contributed by atoms with E-state index in [9.17, 15) is 13.2 Å². The Kier molecular flexibility index (Phi) is 3.33. The predicted octanol–water partition coefficient (Wildman–Crippen LogP) is 1.70. The molecule has 1 aliphatic rings. The van der Waals surface area contributed by atoms with Crippen LogP contribution >= 0.6 is 23.8 Å². The van der Waals surface area contributed by atoms with Gasteiger partial charge in [-0.25, -0.2) is 13.2 Å². The number of nitrogens with zero attached hydrogens (tertiary/aromatic N) is 2. The normalized spacial score (nSPS) is 16.4. The van der Waals surface area contributed by atoms with Crippen molar-refractivity contribution in [1.29, 1.82) is 5.41 Å². The molecule has 0 unspecified atom stereocenters. The highest BCUT2D eigenvalue weighted by molar-refractivity contribution is 7.91. The van der Waals surface area contributed by atoms with Gasteiger partial charge in [-0.05, 0) is 12.1 Å². The van der Waals surface area contributed by atoms with Gasteiger partial charge in [0.1, 0.15) is 4.90 Å². The smallest absolute Gasteiger partial charge is 0.284 e. The zero-order chi connectivity index (χ0) is 14.4. The van der Waals surface area contributed by atoms with Gasteiger partial charge in [-0.3, -0.25) is 10.3 Å². The summed E-state index contributed by atoms with van der Waals surface area (Å²) in [7, 11) is -2.93. The zero-order valence-corrected chi connectivity index (χ0v) is 12.0. The molecule has 1 aliphatic heterocycles. The van der Waals surface area contributed by atoms with E-state index in [1.54, 1.807) is 6.07 Å². The summed E-state index contributed by atoms with van der Waals surface area (Å²) in [5, 5.41) is 7.62. The van der Waals surface area contributed by atoms with Gasteiger partial charge in [-0.2, -0.15) is 4.31 Å². The van der Waals surface area contributed by atoms with E-state index in [4.69, 9.17) is 29.2 Å². The number of nitrogens with one attached hydrogen (secondary N) is 1. The minimum atomic E-state index is -4.24. The number of carbonyl (C=O) groups is 1. The highest BCUT2D eigenvalue weighted by Gasteiger charge is 2.45. The van der Waals surface area contributed by atoms with E-state index in [1.807, 2.05) is 0 Å². The van der Waals surface area contributed by atoms with Gasteiger partial charge < -0.3 is 0 Å². The number of amides is 2. The van der Waals surface area contributed by atoms with E-state index in [0.29, 0.717) is 4.31 Å². The predicted molar refractivity (Wildman–Crippen MR) is 74.0 cm³/mol. The maximum Gasteiger partial charge on any atom is 0.345 e. The van der Waals surface area contributed by atoms with Crippen LogP contribution in [0.15, 0.2) is 29.2 Å². The molecule has 100 valence electrons. The van der Waals surface area contributed by atoms with Crippen LogP contribution in [0.3, 0.4) is 0 Å². The lowest BCUT2D eigenvalue weighted by Gasteiger charge is -2.15. The zero-order valence-electron chi connectivity index (χ0n) is 9.62. The van der Waals surface area contributed by atoms with Gasteiger partial charge in [0.15, 0.2) is 10.8 Å². The second kappa shape index (κ2) is 4.55. The van der Waals surface area contributed by atoms with Crippen molar-refractivity contribution in [1.82, 2.24) is 9.21 Å². The first-order chi connectivity index (χ1) is 8.78. The van der Waals surface area contributed by atoms with E-state index in [-0.39, 0.29) is 14.9 Å². The summed E-state index contributed by atoms with van der Waals surface area (Å²) in [6, 6.07) is 4.80. The lowest BCUT2D eigenvalue weighted by Crippen LogP contribution is -2.37. The molecule has 19 heavy (non-hydrogen) atoms. The van der Waals surface area contributed by atoms with Crippen molar-refractivity contribution < 1.29 is 13.2 Å². The van der Waals surface area contributed by atoms with Gasteiger partial charge in [0.05, 0.1) is 5.02 Å². The third kappa shape index (κ3) is 2.01. The monoisotopic (exact) mass is 317 g/mol. The average Bonchev–Trinajstić information content (AvgIpc) is 2.54. The molecule has 2 rings (SSSR count). The summed E-state index contributed by atoms with van der Waals surface area (Å²) in [5.41, 5.74) is 0. The number of hydrogen-bond donors (Lipinski definition) is 1. The van der Waals surface area contributed by atoms with Gasteiger partial charge in [-0.1, -0.05) is 36.0 Å². The molecule has 0 saturated carbocycles. The molecular formula is C10H8ClN3O3S2. The molecule has 2 amide bonds. The number of likely N-dealkylation sites (N-methyl/N-ethyl adjacent to an activating group) is 1. The van der Waals surface area contributed by atoms with Gasteiger partial charge >= 0.3 is 6.03 Å². The Hall–Kier alpha value is -1.51.